The third-order valence-electron chi connectivity index (χ3n) is 3.15. The molecule has 7 nitrogen and oxygen atoms in total. The van der Waals surface area contributed by atoms with Crippen LogP contribution in [0.15, 0.2) is 39.7 Å². The quantitative estimate of drug-likeness (QED) is 0.445. The third-order valence-corrected chi connectivity index (χ3v) is 5.02. The Bertz CT molecular complexity index is 810. The summed E-state index contributed by atoms with van der Waals surface area (Å²) in [6.45, 7) is 0. The van der Waals surface area contributed by atoms with Gasteiger partial charge in [-0.05, 0) is 44.9 Å². The number of nitro groups is 2. The molecule has 120 valence electrons. The molecule has 0 saturated carbocycles. The highest BCUT2D eigenvalue weighted by Gasteiger charge is 2.27. The van der Waals surface area contributed by atoms with Crippen LogP contribution in [0.4, 0.5) is 11.4 Å². The molecule has 23 heavy (non-hydrogen) atoms. The van der Waals surface area contributed by atoms with E-state index in [9.17, 15) is 25.3 Å². The summed E-state index contributed by atoms with van der Waals surface area (Å²) in [5.41, 5.74) is 0.418. The van der Waals surface area contributed by atoms with Crippen LogP contribution < -0.4 is 5.11 Å². The van der Waals surface area contributed by atoms with Crippen LogP contribution in [0.5, 0.6) is 5.75 Å². The van der Waals surface area contributed by atoms with Crippen molar-refractivity contribution in [2.75, 3.05) is 12.5 Å². The number of rotatable bonds is 4. The second kappa shape index (κ2) is 6.55. The summed E-state index contributed by atoms with van der Waals surface area (Å²) < 4.78 is 0.385. The van der Waals surface area contributed by atoms with Crippen molar-refractivity contribution in [2.45, 2.75) is 4.90 Å². The first-order valence-electron chi connectivity index (χ1n) is 6.24. The Morgan fingerprint density at radius 2 is 1.61 bits per heavy atom. The average molecular weight is 399 g/mol. The van der Waals surface area contributed by atoms with Gasteiger partial charge in [0.2, 0.25) is 4.90 Å². The minimum atomic E-state index is -0.603. The van der Waals surface area contributed by atoms with Gasteiger partial charge in [-0.1, -0.05) is 0 Å². The molecule has 0 aliphatic carbocycles. The molecule has 0 bridgehead atoms. The fraction of sp³-hybridized carbons (Fsp3) is 0.143. The Hall–Kier alpha value is -2.13. The molecule has 2 rings (SSSR count). The SMILES string of the molecule is C[S+](C)c1c([N+](=O)[O-])ccc(-c2ccc([N+](=O)[O-])cc2Br)c1[O-]. The number of non-ortho nitro benzene ring substituents is 1. The van der Waals surface area contributed by atoms with Crippen LogP contribution in [-0.4, -0.2) is 22.4 Å². The van der Waals surface area contributed by atoms with Gasteiger partial charge >= 0.3 is 5.69 Å². The van der Waals surface area contributed by atoms with Crippen LogP contribution >= 0.6 is 15.9 Å². The van der Waals surface area contributed by atoms with Gasteiger partial charge in [0.25, 0.3) is 5.69 Å². The Balaban J connectivity index is 2.68. The molecule has 0 N–H and O–H groups in total. The van der Waals surface area contributed by atoms with Crippen LogP contribution in [0.1, 0.15) is 0 Å². The number of nitrogens with zero attached hydrogens (tertiary/aromatic N) is 2. The van der Waals surface area contributed by atoms with Crippen molar-refractivity contribution < 1.29 is 15.0 Å². The van der Waals surface area contributed by atoms with Gasteiger partial charge in [-0.3, -0.25) is 20.2 Å². The lowest BCUT2D eigenvalue weighted by atomic mass is 10.0. The number of nitro benzene ring substituents is 2. The summed E-state index contributed by atoms with van der Waals surface area (Å²) in [5.74, 6) is -0.429. The highest BCUT2D eigenvalue weighted by Crippen LogP contribution is 2.41. The van der Waals surface area contributed by atoms with Gasteiger partial charge in [0.05, 0.1) is 9.85 Å². The number of hydrogen-bond acceptors (Lipinski definition) is 5. The molecular formula is C14H11BrN2O5S. The smallest absolute Gasteiger partial charge is 0.323 e. The van der Waals surface area contributed by atoms with E-state index in [-0.39, 0.29) is 21.8 Å². The Labute approximate surface area is 142 Å². The molecule has 0 aromatic heterocycles. The summed E-state index contributed by atoms with van der Waals surface area (Å²) in [7, 11) is -0.603. The van der Waals surface area contributed by atoms with Gasteiger partial charge in [-0.2, -0.15) is 0 Å². The predicted molar refractivity (Wildman–Crippen MR) is 89.8 cm³/mol. The van der Waals surface area contributed by atoms with Crippen LogP contribution in [0.3, 0.4) is 0 Å². The molecule has 0 fully saturated rings. The largest absolute Gasteiger partial charge is 0.868 e. The van der Waals surface area contributed by atoms with Crippen LogP contribution in [-0.2, 0) is 10.9 Å². The Kier molecular flexibility index (Phi) is 4.90. The number of benzene rings is 2. The lowest BCUT2D eigenvalue weighted by Gasteiger charge is -2.17. The standard InChI is InChI=1S/C14H11BrN2O5S/c1-23(2)14-12(17(21)22)6-5-10(13(14)18)9-4-3-8(16(19)20)7-11(9)15/h3-7H,1-2H3. The molecule has 2 aromatic rings. The maximum absolute atomic E-state index is 12.7. The Morgan fingerprint density at radius 1 is 1.00 bits per heavy atom. The monoisotopic (exact) mass is 398 g/mol. The highest BCUT2D eigenvalue weighted by molar-refractivity contribution is 9.10. The molecule has 0 spiro atoms. The second-order valence-electron chi connectivity index (χ2n) is 4.79. The summed E-state index contributed by atoms with van der Waals surface area (Å²) in [6, 6.07) is 6.72. The van der Waals surface area contributed by atoms with Crippen molar-refractivity contribution in [3.05, 3.63) is 55.0 Å². The van der Waals surface area contributed by atoms with E-state index in [1.54, 1.807) is 12.5 Å². The van der Waals surface area contributed by atoms with Crippen molar-refractivity contribution >= 4 is 38.2 Å². The van der Waals surface area contributed by atoms with E-state index >= 15 is 0 Å². The Morgan fingerprint density at radius 3 is 2.09 bits per heavy atom. The van der Waals surface area contributed by atoms with E-state index in [0.717, 1.165) is 0 Å². The minimum absolute atomic E-state index is 0.110. The first-order valence-corrected chi connectivity index (χ1v) is 9.07. The molecule has 0 heterocycles. The van der Waals surface area contributed by atoms with Crippen molar-refractivity contribution in [3.63, 3.8) is 0 Å². The normalized spacial score (nSPS) is 10.8. The molecule has 0 unspecified atom stereocenters. The average Bonchev–Trinajstić information content (AvgIpc) is 2.46. The fourth-order valence-corrected chi connectivity index (χ4v) is 3.76. The summed E-state index contributed by atoms with van der Waals surface area (Å²) in [4.78, 5) is 20.9. The first-order chi connectivity index (χ1) is 10.7. The van der Waals surface area contributed by atoms with Gasteiger partial charge in [0, 0.05) is 33.6 Å². The summed E-state index contributed by atoms with van der Waals surface area (Å²) in [6.07, 6.45) is 3.47. The van der Waals surface area contributed by atoms with Crippen molar-refractivity contribution in [1.82, 2.24) is 0 Å². The molecule has 0 atom stereocenters. The molecule has 0 saturated heterocycles. The minimum Gasteiger partial charge on any atom is -0.868 e. The molecule has 0 amide bonds. The van der Waals surface area contributed by atoms with Gasteiger partial charge in [0.15, 0.2) is 0 Å². The topological polar surface area (TPSA) is 109 Å². The number of halogens is 1. The van der Waals surface area contributed by atoms with Gasteiger partial charge < -0.3 is 5.11 Å². The lowest BCUT2D eigenvalue weighted by molar-refractivity contribution is -0.389. The maximum Gasteiger partial charge on any atom is 0.323 e. The molecular weight excluding hydrogens is 388 g/mol. The summed E-state index contributed by atoms with van der Waals surface area (Å²) in [5, 5.41) is 34.5. The maximum atomic E-state index is 12.7. The molecule has 0 aliphatic heterocycles. The predicted octanol–water partition coefficient (Wildman–Crippen LogP) is 3.24. The second-order valence-corrected chi connectivity index (χ2v) is 7.68. The number of hydrogen-bond donors (Lipinski definition) is 0. The summed E-state index contributed by atoms with van der Waals surface area (Å²) >= 11 is 3.22. The zero-order chi connectivity index (χ0) is 17.3. The van der Waals surface area contributed by atoms with E-state index in [0.29, 0.717) is 10.0 Å². The van der Waals surface area contributed by atoms with E-state index in [1.807, 2.05) is 0 Å². The van der Waals surface area contributed by atoms with Gasteiger partial charge in [-0.25, -0.2) is 0 Å². The van der Waals surface area contributed by atoms with E-state index in [2.05, 4.69) is 15.9 Å². The van der Waals surface area contributed by atoms with E-state index in [1.165, 1.54) is 30.3 Å². The van der Waals surface area contributed by atoms with Gasteiger partial charge in [-0.15, -0.1) is 0 Å². The van der Waals surface area contributed by atoms with Gasteiger partial charge in [0.1, 0.15) is 12.5 Å². The van der Waals surface area contributed by atoms with Crippen LogP contribution in [0, 0.1) is 20.2 Å². The van der Waals surface area contributed by atoms with Crippen LogP contribution in [0.25, 0.3) is 11.1 Å². The zero-order valence-electron chi connectivity index (χ0n) is 12.1. The lowest BCUT2D eigenvalue weighted by Crippen LogP contribution is -2.08. The molecule has 0 radical (unpaired) electrons. The van der Waals surface area contributed by atoms with Crippen molar-refractivity contribution in [1.29, 1.82) is 0 Å². The van der Waals surface area contributed by atoms with Crippen molar-refractivity contribution in [2.24, 2.45) is 0 Å². The van der Waals surface area contributed by atoms with Crippen LogP contribution in [0.2, 0.25) is 0 Å². The third kappa shape index (κ3) is 3.30. The first kappa shape index (κ1) is 17.2. The zero-order valence-corrected chi connectivity index (χ0v) is 14.5. The molecule has 2 aromatic carbocycles. The van der Waals surface area contributed by atoms with Crippen molar-refractivity contribution in [3.8, 4) is 16.9 Å². The molecule has 9 heteroatoms. The fourth-order valence-electron chi connectivity index (χ4n) is 2.14. The van der Waals surface area contributed by atoms with E-state index in [4.69, 9.17) is 0 Å². The molecule has 0 aliphatic rings. The van der Waals surface area contributed by atoms with E-state index < -0.39 is 26.5 Å². The highest BCUT2D eigenvalue weighted by atomic mass is 79.9.